The number of hydrogen-bond donors (Lipinski definition) is 0. The van der Waals surface area contributed by atoms with Crippen LogP contribution in [0.25, 0.3) is 0 Å². The van der Waals surface area contributed by atoms with Crippen LogP contribution in [-0.4, -0.2) is 61.7 Å². The van der Waals surface area contributed by atoms with Gasteiger partial charge in [0.05, 0.1) is 29.1 Å². The summed E-state index contributed by atoms with van der Waals surface area (Å²) >= 11 is 11.7. The van der Waals surface area contributed by atoms with Gasteiger partial charge in [0.25, 0.3) is 5.56 Å². The molecule has 1 aliphatic heterocycles. The Morgan fingerprint density at radius 1 is 1.10 bits per heavy atom. The van der Waals surface area contributed by atoms with Gasteiger partial charge in [-0.15, -0.1) is 0 Å². The average molecular weight is 461 g/mol. The molecule has 3 heterocycles. The van der Waals surface area contributed by atoms with E-state index in [4.69, 9.17) is 23.2 Å². The highest BCUT2D eigenvalue weighted by Gasteiger charge is 2.33. The summed E-state index contributed by atoms with van der Waals surface area (Å²) in [6.45, 7) is 0.518. The molecule has 0 N–H and O–H groups in total. The SMILES string of the molecule is CN(C)c1ccc(N(C)S(=O)(=O)N2CCC(n3ncc(Cl)c(Cl)c3=O)CC2)cn1. The van der Waals surface area contributed by atoms with E-state index in [0.29, 0.717) is 18.5 Å². The molecule has 0 saturated carbocycles. The van der Waals surface area contributed by atoms with E-state index in [9.17, 15) is 13.2 Å². The molecule has 29 heavy (non-hydrogen) atoms. The van der Waals surface area contributed by atoms with Crippen LogP contribution in [0.3, 0.4) is 0 Å². The van der Waals surface area contributed by atoms with E-state index in [1.54, 1.807) is 12.1 Å². The predicted octanol–water partition coefficient (Wildman–Crippen LogP) is 2.03. The molecule has 1 fully saturated rings. The van der Waals surface area contributed by atoms with Crippen molar-refractivity contribution in [2.24, 2.45) is 0 Å². The van der Waals surface area contributed by atoms with E-state index in [1.807, 2.05) is 19.0 Å². The van der Waals surface area contributed by atoms with E-state index in [0.717, 1.165) is 5.82 Å². The fourth-order valence-corrected chi connectivity index (χ4v) is 4.79. The summed E-state index contributed by atoms with van der Waals surface area (Å²) in [5.74, 6) is 0.736. The van der Waals surface area contributed by atoms with Crippen LogP contribution in [0.1, 0.15) is 18.9 Å². The first-order valence-corrected chi connectivity index (χ1v) is 11.1. The maximum atomic E-state index is 13.0. The summed E-state index contributed by atoms with van der Waals surface area (Å²) in [5, 5.41) is 4.07. The highest BCUT2D eigenvalue weighted by Crippen LogP contribution is 2.27. The fraction of sp³-hybridized carbons (Fsp3) is 0.471. The minimum Gasteiger partial charge on any atom is -0.363 e. The number of piperidine rings is 1. The van der Waals surface area contributed by atoms with Gasteiger partial charge in [0.1, 0.15) is 10.8 Å². The van der Waals surface area contributed by atoms with Gasteiger partial charge in [-0.25, -0.2) is 9.67 Å². The Bertz CT molecular complexity index is 1030. The number of hydrogen-bond acceptors (Lipinski definition) is 6. The first-order valence-electron chi connectivity index (χ1n) is 8.93. The molecule has 3 rings (SSSR count). The van der Waals surface area contributed by atoms with Crippen LogP contribution in [0.4, 0.5) is 11.5 Å². The molecular formula is C17H22Cl2N6O3S. The summed E-state index contributed by atoms with van der Waals surface area (Å²) in [7, 11) is 1.50. The third-order valence-corrected chi connectivity index (χ3v) is 7.57. The minimum absolute atomic E-state index is 0.0786. The fourth-order valence-electron chi connectivity index (χ4n) is 3.14. The van der Waals surface area contributed by atoms with Crippen molar-refractivity contribution >= 4 is 44.9 Å². The van der Waals surface area contributed by atoms with Crippen molar-refractivity contribution in [2.75, 3.05) is 43.4 Å². The third kappa shape index (κ3) is 4.35. The zero-order chi connectivity index (χ0) is 21.3. The van der Waals surface area contributed by atoms with Crippen molar-refractivity contribution in [1.29, 1.82) is 0 Å². The molecule has 9 nitrogen and oxygen atoms in total. The lowest BCUT2D eigenvalue weighted by Gasteiger charge is -2.34. The topological polar surface area (TPSA) is 91.6 Å². The first-order chi connectivity index (χ1) is 13.6. The van der Waals surface area contributed by atoms with Gasteiger partial charge in [-0.3, -0.25) is 9.10 Å². The van der Waals surface area contributed by atoms with Gasteiger partial charge in [-0.2, -0.15) is 17.8 Å². The summed E-state index contributed by atoms with van der Waals surface area (Å²) in [6, 6.07) is 3.23. The molecule has 12 heteroatoms. The van der Waals surface area contributed by atoms with Crippen molar-refractivity contribution in [3.05, 3.63) is 44.9 Å². The highest BCUT2D eigenvalue weighted by molar-refractivity contribution is 7.90. The van der Waals surface area contributed by atoms with Crippen LogP contribution >= 0.6 is 23.2 Å². The van der Waals surface area contributed by atoms with E-state index >= 15 is 0 Å². The molecule has 0 radical (unpaired) electrons. The second kappa shape index (κ2) is 8.47. The molecule has 0 spiro atoms. The molecule has 1 saturated heterocycles. The van der Waals surface area contributed by atoms with Crippen molar-refractivity contribution in [1.82, 2.24) is 19.1 Å². The largest absolute Gasteiger partial charge is 0.363 e. The summed E-state index contributed by atoms with van der Waals surface area (Å²) < 4.78 is 29.9. The molecule has 1 aliphatic rings. The molecule has 0 aromatic carbocycles. The average Bonchev–Trinajstić information content (AvgIpc) is 2.72. The second-order valence-electron chi connectivity index (χ2n) is 6.93. The molecule has 158 valence electrons. The quantitative estimate of drug-likeness (QED) is 0.677. The zero-order valence-corrected chi connectivity index (χ0v) is 18.6. The summed E-state index contributed by atoms with van der Waals surface area (Å²) in [6.07, 6.45) is 3.73. The van der Waals surface area contributed by atoms with Crippen molar-refractivity contribution in [3.8, 4) is 0 Å². The minimum atomic E-state index is -3.72. The van der Waals surface area contributed by atoms with Crippen LogP contribution in [0, 0.1) is 0 Å². The van der Waals surface area contributed by atoms with E-state index in [1.165, 1.54) is 32.7 Å². The van der Waals surface area contributed by atoms with Gasteiger partial charge >= 0.3 is 10.2 Å². The Hall–Kier alpha value is -1.88. The van der Waals surface area contributed by atoms with Gasteiger partial charge in [-0.05, 0) is 25.0 Å². The number of aromatic nitrogens is 3. The van der Waals surface area contributed by atoms with Crippen molar-refractivity contribution < 1.29 is 8.42 Å². The number of halogens is 2. The normalized spacial score (nSPS) is 16.0. The molecule has 0 bridgehead atoms. The lowest BCUT2D eigenvalue weighted by Crippen LogP contribution is -2.47. The van der Waals surface area contributed by atoms with E-state index in [2.05, 4.69) is 10.1 Å². The Balaban J connectivity index is 1.72. The molecule has 0 unspecified atom stereocenters. The monoisotopic (exact) mass is 460 g/mol. The Morgan fingerprint density at radius 3 is 2.31 bits per heavy atom. The van der Waals surface area contributed by atoms with Crippen LogP contribution < -0.4 is 14.8 Å². The number of pyridine rings is 1. The van der Waals surface area contributed by atoms with Gasteiger partial charge in [0.15, 0.2) is 0 Å². The Kier molecular flexibility index (Phi) is 6.37. The van der Waals surface area contributed by atoms with Crippen molar-refractivity contribution in [3.63, 3.8) is 0 Å². The Morgan fingerprint density at radius 2 is 1.76 bits per heavy atom. The smallest absolute Gasteiger partial charge is 0.303 e. The molecular weight excluding hydrogens is 439 g/mol. The summed E-state index contributed by atoms with van der Waals surface area (Å²) in [4.78, 5) is 18.4. The molecule has 2 aromatic heterocycles. The number of rotatable bonds is 5. The number of nitrogens with zero attached hydrogens (tertiary/aromatic N) is 6. The van der Waals surface area contributed by atoms with Gasteiger partial charge in [0.2, 0.25) is 0 Å². The Labute approximate surface area is 179 Å². The van der Waals surface area contributed by atoms with Crippen LogP contribution in [0.5, 0.6) is 0 Å². The van der Waals surface area contributed by atoms with E-state index in [-0.39, 0.29) is 29.2 Å². The predicted molar refractivity (Wildman–Crippen MR) is 114 cm³/mol. The molecule has 0 atom stereocenters. The standard InChI is InChI=1S/C17H22Cl2N6O3S/c1-22(2)15-5-4-13(10-20-15)23(3)29(27,28)24-8-6-12(7-9-24)25-17(26)16(19)14(18)11-21-25/h4-5,10-12H,6-9H2,1-3H3. The first kappa shape index (κ1) is 21.8. The van der Waals surface area contributed by atoms with Crippen LogP contribution in [0.15, 0.2) is 29.3 Å². The highest BCUT2D eigenvalue weighted by atomic mass is 35.5. The van der Waals surface area contributed by atoms with Crippen molar-refractivity contribution in [2.45, 2.75) is 18.9 Å². The third-order valence-electron chi connectivity index (χ3n) is 4.90. The molecule has 0 aliphatic carbocycles. The molecule has 2 aromatic rings. The maximum absolute atomic E-state index is 13.0. The van der Waals surface area contributed by atoms with Gasteiger partial charge in [0, 0.05) is 34.2 Å². The maximum Gasteiger partial charge on any atom is 0.303 e. The lowest BCUT2D eigenvalue weighted by atomic mass is 10.1. The second-order valence-corrected chi connectivity index (χ2v) is 9.68. The zero-order valence-electron chi connectivity index (χ0n) is 16.3. The summed E-state index contributed by atoms with van der Waals surface area (Å²) in [5.41, 5.74) is 0.00439. The number of anilines is 2. The lowest BCUT2D eigenvalue weighted by molar-refractivity contribution is 0.255. The van der Waals surface area contributed by atoms with Gasteiger partial charge < -0.3 is 4.90 Å². The van der Waals surface area contributed by atoms with Crippen LogP contribution in [0.2, 0.25) is 10.0 Å². The van der Waals surface area contributed by atoms with E-state index < -0.39 is 15.8 Å². The molecule has 0 amide bonds. The van der Waals surface area contributed by atoms with Gasteiger partial charge in [-0.1, -0.05) is 23.2 Å². The van der Waals surface area contributed by atoms with Crippen LogP contribution in [-0.2, 0) is 10.2 Å².